The molecule has 0 aliphatic carbocycles. The van der Waals surface area contributed by atoms with Crippen molar-refractivity contribution in [1.29, 1.82) is 0 Å². The number of nitrogens with zero attached hydrogens (tertiary/aromatic N) is 1. The van der Waals surface area contributed by atoms with Gasteiger partial charge in [0.2, 0.25) is 0 Å². The molecule has 0 aliphatic rings. The number of rotatable bonds is 3. The number of phenolic OH excluding ortho intramolecular Hbond substituents is 1. The maximum absolute atomic E-state index is 13.3. The summed E-state index contributed by atoms with van der Waals surface area (Å²) in [4.78, 5) is 2.00. The van der Waals surface area contributed by atoms with Crippen LogP contribution in [0.1, 0.15) is 16.7 Å². The molecule has 0 aliphatic heterocycles. The first-order valence-corrected chi connectivity index (χ1v) is 6.24. The molecule has 0 unspecified atom stereocenters. The molecule has 0 radical (unpaired) electrons. The van der Waals surface area contributed by atoms with Crippen molar-refractivity contribution >= 4 is 5.69 Å². The topological polar surface area (TPSA) is 23.5 Å². The molecule has 0 saturated heterocycles. The molecule has 2 aromatic carbocycles. The second kappa shape index (κ2) is 5.31. The van der Waals surface area contributed by atoms with E-state index in [1.807, 2.05) is 31.0 Å². The van der Waals surface area contributed by atoms with E-state index in [2.05, 4.69) is 13.0 Å². The monoisotopic (exact) mass is 259 g/mol. The summed E-state index contributed by atoms with van der Waals surface area (Å²) in [6.07, 6.45) is 0. The minimum absolute atomic E-state index is 0.265. The third-order valence-electron chi connectivity index (χ3n) is 3.24. The predicted octanol–water partition coefficient (Wildman–Crippen LogP) is 3.78. The second-order valence-electron chi connectivity index (χ2n) is 4.89. The van der Waals surface area contributed by atoms with Crippen LogP contribution in [0.25, 0.3) is 0 Å². The van der Waals surface area contributed by atoms with Crippen LogP contribution in [0.3, 0.4) is 0 Å². The van der Waals surface area contributed by atoms with E-state index in [1.165, 1.54) is 17.2 Å². The molecule has 2 rings (SSSR count). The molecule has 0 bridgehead atoms. The molecule has 3 heteroatoms. The fraction of sp³-hybridized carbons (Fsp3) is 0.250. The van der Waals surface area contributed by atoms with E-state index < -0.39 is 5.82 Å². The first kappa shape index (κ1) is 13.4. The summed E-state index contributed by atoms with van der Waals surface area (Å²) in [5.74, 6) is -0.842. The van der Waals surface area contributed by atoms with Gasteiger partial charge < -0.3 is 10.0 Å². The Bertz CT molecular complexity index is 595. The number of benzene rings is 2. The van der Waals surface area contributed by atoms with Gasteiger partial charge in [-0.1, -0.05) is 29.8 Å². The molecule has 0 spiro atoms. The molecule has 0 amide bonds. The molecule has 0 fully saturated rings. The van der Waals surface area contributed by atoms with E-state index in [-0.39, 0.29) is 5.75 Å². The molecule has 0 aromatic heterocycles. The number of phenols is 1. The average Bonchev–Trinajstić information content (AvgIpc) is 2.34. The number of hydrogen-bond donors (Lipinski definition) is 1. The summed E-state index contributed by atoms with van der Waals surface area (Å²) in [6.45, 7) is 4.56. The molecule has 0 atom stereocenters. The van der Waals surface area contributed by atoms with Gasteiger partial charge in [0, 0.05) is 24.8 Å². The normalized spacial score (nSPS) is 10.5. The number of aromatic hydroxyl groups is 1. The Hall–Kier alpha value is -2.03. The van der Waals surface area contributed by atoms with Gasteiger partial charge in [-0.05, 0) is 31.5 Å². The fourth-order valence-corrected chi connectivity index (χ4v) is 2.26. The van der Waals surface area contributed by atoms with Crippen LogP contribution in [-0.4, -0.2) is 12.2 Å². The molecule has 19 heavy (non-hydrogen) atoms. The SMILES string of the molecule is Cc1ccc(N(C)Cc2cccc(F)c2O)c(C)c1. The van der Waals surface area contributed by atoms with Crippen LogP contribution in [0.4, 0.5) is 10.1 Å². The summed E-state index contributed by atoms with van der Waals surface area (Å²) < 4.78 is 13.3. The molecular formula is C16H18FNO. The van der Waals surface area contributed by atoms with Crippen molar-refractivity contribution in [3.63, 3.8) is 0 Å². The number of hydrogen-bond acceptors (Lipinski definition) is 2. The number of aryl methyl sites for hydroxylation is 2. The van der Waals surface area contributed by atoms with Crippen molar-refractivity contribution in [3.8, 4) is 5.75 Å². The lowest BCUT2D eigenvalue weighted by Gasteiger charge is -2.22. The number of para-hydroxylation sites is 1. The van der Waals surface area contributed by atoms with Crippen molar-refractivity contribution < 1.29 is 9.50 Å². The Morgan fingerprint density at radius 1 is 1.16 bits per heavy atom. The maximum atomic E-state index is 13.3. The fourth-order valence-electron chi connectivity index (χ4n) is 2.26. The Labute approximate surface area is 113 Å². The van der Waals surface area contributed by atoms with Crippen molar-refractivity contribution in [1.82, 2.24) is 0 Å². The van der Waals surface area contributed by atoms with Crippen LogP contribution >= 0.6 is 0 Å². The summed E-state index contributed by atoms with van der Waals surface area (Å²) in [6, 6.07) is 10.8. The van der Waals surface area contributed by atoms with Gasteiger partial charge in [0.05, 0.1) is 0 Å². The van der Waals surface area contributed by atoms with Gasteiger partial charge in [-0.15, -0.1) is 0 Å². The maximum Gasteiger partial charge on any atom is 0.165 e. The van der Waals surface area contributed by atoms with Crippen molar-refractivity contribution in [2.24, 2.45) is 0 Å². The van der Waals surface area contributed by atoms with Gasteiger partial charge in [-0.3, -0.25) is 0 Å². The third-order valence-corrected chi connectivity index (χ3v) is 3.24. The van der Waals surface area contributed by atoms with E-state index in [0.29, 0.717) is 12.1 Å². The smallest absolute Gasteiger partial charge is 0.165 e. The number of anilines is 1. The lowest BCUT2D eigenvalue weighted by molar-refractivity contribution is 0.425. The van der Waals surface area contributed by atoms with Gasteiger partial charge >= 0.3 is 0 Å². The van der Waals surface area contributed by atoms with Crippen LogP contribution in [-0.2, 0) is 6.54 Å². The Morgan fingerprint density at radius 2 is 1.89 bits per heavy atom. The average molecular weight is 259 g/mol. The Morgan fingerprint density at radius 3 is 2.58 bits per heavy atom. The lowest BCUT2D eigenvalue weighted by atomic mass is 10.1. The molecule has 100 valence electrons. The highest BCUT2D eigenvalue weighted by Crippen LogP contribution is 2.26. The largest absolute Gasteiger partial charge is 0.505 e. The summed E-state index contributed by atoms with van der Waals surface area (Å²) in [7, 11) is 1.93. The van der Waals surface area contributed by atoms with E-state index in [1.54, 1.807) is 12.1 Å². The summed E-state index contributed by atoms with van der Waals surface area (Å²) in [5.41, 5.74) is 4.04. The third kappa shape index (κ3) is 2.87. The van der Waals surface area contributed by atoms with Gasteiger partial charge in [0.25, 0.3) is 0 Å². The van der Waals surface area contributed by atoms with Crippen molar-refractivity contribution in [2.75, 3.05) is 11.9 Å². The van der Waals surface area contributed by atoms with Crippen LogP contribution in [0.15, 0.2) is 36.4 Å². The van der Waals surface area contributed by atoms with Gasteiger partial charge in [-0.2, -0.15) is 0 Å². The van der Waals surface area contributed by atoms with E-state index >= 15 is 0 Å². The van der Waals surface area contributed by atoms with E-state index in [9.17, 15) is 9.50 Å². The molecule has 0 heterocycles. The molecule has 2 nitrogen and oxygen atoms in total. The van der Waals surface area contributed by atoms with Gasteiger partial charge in [0.15, 0.2) is 11.6 Å². The number of halogens is 1. The summed E-state index contributed by atoms with van der Waals surface area (Å²) in [5, 5.41) is 9.71. The van der Waals surface area contributed by atoms with Gasteiger partial charge in [0.1, 0.15) is 0 Å². The second-order valence-corrected chi connectivity index (χ2v) is 4.89. The van der Waals surface area contributed by atoms with Crippen molar-refractivity contribution in [3.05, 3.63) is 58.9 Å². The van der Waals surface area contributed by atoms with Gasteiger partial charge in [-0.25, -0.2) is 4.39 Å². The quantitative estimate of drug-likeness (QED) is 0.906. The Kier molecular flexibility index (Phi) is 3.74. The minimum Gasteiger partial charge on any atom is -0.505 e. The first-order valence-electron chi connectivity index (χ1n) is 6.24. The zero-order chi connectivity index (χ0) is 14.0. The first-order chi connectivity index (χ1) is 8.99. The molecule has 0 saturated carbocycles. The minimum atomic E-state index is -0.577. The molecule has 2 aromatic rings. The highest BCUT2D eigenvalue weighted by Gasteiger charge is 2.10. The van der Waals surface area contributed by atoms with Crippen LogP contribution in [0.5, 0.6) is 5.75 Å². The molecule has 1 N–H and O–H groups in total. The van der Waals surface area contributed by atoms with Crippen LogP contribution in [0, 0.1) is 19.7 Å². The Balaban J connectivity index is 2.25. The van der Waals surface area contributed by atoms with Crippen molar-refractivity contribution in [2.45, 2.75) is 20.4 Å². The molecular weight excluding hydrogens is 241 g/mol. The highest BCUT2D eigenvalue weighted by atomic mass is 19.1. The highest BCUT2D eigenvalue weighted by molar-refractivity contribution is 5.54. The standard InChI is InChI=1S/C16H18FNO/c1-11-7-8-15(12(2)9-11)18(3)10-13-5-4-6-14(17)16(13)19/h4-9,19H,10H2,1-3H3. The van der Waals surface area contributed by atoms with Crippen LogP contribution < -0.4 is 4.90 Å². The van der Waals surface area contributed by atoms with E-state index in [4.69, 9.17) is 0 Å². The summed E-state index contributed by atoms with van der Waals surface area (Å²) >= 11 is 0. The van der Waals surface area contributed by atoms with Crippen LogP contribution in [0.2, 0.25) is 0 Å². The zero-order valence-corrected chi connectivity index (χ0v) is 11.4. The zero-order valence-electron chi connectivity index (χ0n) is 11.4. The van der Waals surface area contributed by atoms with E-state index in [0.717, 1.165) is 5.69 Å². The predicted molar refractivity (Wildman–Crippen MR) is 76.1 cm³/mol. The lowest BCUT2D eigenvalue weighted by Crippen LogP contribution is -2.17.